The van der Waals surface area contributed by atoms with E-state index in [4.69, 9.17) is 16.3 Å². The number of methoxy groups -OCH3 is 1. The van der Waals surface area contributed by atoms with Gasteiger partial charge in [0.15, 0.2) is 0 Å². The first kappa shape index (κ1) is 20.2. The number of benzene rings is 1. The average molecular weight is 398 g/mol. The van der Waals surface area contributed by atoms with E-state index >= 15 is 0 Å². The van der Waals surface area contributed by atoms with Crippen LogP contribution in [-0.4, -0.2) is 43.8 Å². The van der Waals surface area contributed by atoms with Gasteiger partial charge < -0.3 is 10.1 Å². The van der Waals surface area contributed by atoms with Gasteiger partial charge in [-0.3, -0.25) is 4.79 Å². The average Bonchev–Trinajstić information content (AvgIpc) is 2.63. The first-order chi connectivity index (χ1) is 12.3. The summed E-state index contributed by atoms with van der Waals surface area (Å²) in [4.78, 5) is 16.5. The van der Waals surface area contributed by atoms with Crippen molar-refractivity contribution < 1.29 is 17.9 Å². The van der Waals surface area contributed by atoms with Crippen LogP contribution < -0.4 is 10.1 Å². The largest absolute Gasteiger partial charge is 0.481 e. The maximum Gasteiger partial charge on any atom is 0.257 e. The van der Waals surface area contributed by atoms with Crippen molar-refractivity contribution in [1.82, 2.24) is 9.29 Å². The molecule has 1 heterocycles. The lowest BCUT2D eigenvalue weighted by Gasteiger charge is -2.19. The number of nitrogens with zero attached hydrogens (tertiary/aromatic N) is 2. The van der Waals surface area contributed by atoms with Gasteiger partial charge in [-0.15, -0.1) is 0 Å². The van der Waals surface area contributed by atoms with E-state index in [1.165, 1.54) is 35.8 Å². The Kier molecular flexibility index (Phi) is 6.57. The lowest BCUT2D eigenvalue weighted by molar-refractivity contribution is 0.102. The summed E-state index contributed by atoms with van der Waals surface area (Å²) in [6.45, 7) is 4.17. The van der Waals surface area contributed by atoms with Crippen molar-refractivity contribution in [2.24, 2.45) is 0 Å². The number of carbonyl (C=O) groups is 1. The van der Waals surface area contributed by atoms with Crippen molar-refractivity contribution in [1.29, 1.82) is 0 Å². The van der Waals surface area contributed by atoms with Gasteiger partial charge in [0.2, 0.25) is 15.9 Å². The summed E-state index contributed by atoms with van der Waals surface area (Å²) in [6, 6.07) is 7.29. The summed E-state index contributed by atoms with van der Waals surface area (Å²) in [5, 5.41) is 2.79. The molecule has 26 heavy (non-hydrogen) atoms. The fourth-order valence-corrected chi connectivity index (χ4v) is 4.01. The molecule has 0 aliphatic rings. The molecule has 0 fully saturated rings. The highest BCUT2D eigenvalue weighted by atomic mass is 35.5. The number of hydrogen-bond donors (Lipinski definition) is 1. The minimum absolute atomic E-state index is 0.0172. The number of pyridine rings is 1. The van der Waals surface area contributed by atoms with Gasteiger partial charge in [0.1, 0.15) is 0 Å². The number of ether oxygens (including phenoxy) is 1. The number of halogens is 1. The van der Waals surface area contributed by atoms with Crippen molar-refractivity contribution in [3.05, 3.63) is 47.1 Å². The Bertz CT molecular complexity index is 881. The van der Waals surface area contributed by atoms with Crippen LogP contribution in [0.5, 0.6) is 5.88 Å². The van der Waals surface area contributed by atoms with E-state index in [9.17, 15) is 13.2 Å². The van der Waals surface area contributed by atoms with E-state index in [-0.39, 0.29) is 15.5 Å². The molecule has 0 aliphatic carbocycles. The Morgan fingerprint density at radius 3 is 2.46 bits per heavy atom. The molecule has 0 aliphatic heterocycles. The Balaban J connectivity index is 2.32. The van der Waals surface area contributed by atoms with E-state index < -0.39 is 15.9 Å². The normalized spacial score (nSPS) is 11.4. The standard InChI is InChI=1S/C17H20ClN3O4S/c1-4-21(5-2)26(23,24)13-7-8-15(18)14(10-13)17(22)20-12-6-9-16(25-3)19-11-12/h6-11H,4-5H2,1-3H3,(H,20,22). The molecule has 0 spiro atoms. The molecule has 0 saturated heterocycles. The first-order valence-electron chi connectivity index (χ1n) is 7.94. The van der Waals surface area contributed by atoms with Gasteiger partial charge in [-0.2, -0.15) is 4.31 Å². The fraction of sp³-hybridized carbons (Fsp3) is 0.294. The number of hydrogen-bond acceptors (Lipinski definition) is 5. The molecule has 1 aromatic heterocycles. The summed E-state index contributed by atoms with van der Waals surface area (Å²) < 4.78 is 31.5. The summed E-state index contributed by atoms with van der Waals surface area (Å²) >= 11 is 6.10. The number of nitrogens with one attached hydrogen (secondary N) is 1. The van der Waals surface area contributed by atoms with Gasteiger partial charge in [0, 0.05) is 19.2 Å². The molecule has 1 N–H and O–H groups in total. The molecule has 2 aromatic rings. The van der Waals surface area contributed by atoms with Gasteiger partial charge in [-0.05, 0) is 24.3 Å². The van der Waals surface area contributed by atoms with Crippen molar-refractivity contribution >= 4 is 33.2 Å². The van der Waals surface area contributed by atoms with E-state index in [1.54, 1.807) is 26.0 Å². The fourth-order valence-electron chi connectivity index (χ4n) is 2.32. The number of anilines is 1. The lowest BCUT2D eigenvalue weighted by atomic mass is 10.2. The van der Waals surface area contributed by atoms with Crippen molar-refractivity contribution in [3.8, 4) is 5.88 Å². The lowest BCUT2D eigenvalue weighted by Crippen LogP contribution is -2.30. The Hall–Kier alpha value is -2.16. The number of rotatable bonds is 7. The SMILES string of the molecule is CCN(CC)S(=O)(=O)c1ccc(Cl)c(C(=O)Nc2ccc(OC)nc2)c1. The Labute approximate surface area is 158 Å². The van der Waals surface area contributed by atoms with E-state index in [0.29, 0.717) is 24.7 Å². The maximum absolute atomic E-state index is 12.6. The number of aromatic nitrogens is 1. The molecular formula is C17H20ClN3O4S. The molecule has 0 unspecified atom stereocenters. The van der Waals surface area contributed by atoms with Crippen LogP contribution in [0.4, 0.5) is 5.69 Å². The Morgan fingerprint density at radius 1 is 1.23 bits per heavy atom. The molecule has 0 atom stereocenters. The monoisotopic (exact) mass is 397 g/mol. The third-order valence-corrected chi connectivity index (χ3v) is 6.10. The second kappa shape index (κ2) is 8.48. The zero-order valence-electron chi connectivity index (χ0n) is 14.7. The molecule has 7 nitrogen and oxygen atoms in total. The minimum atomic E-state index is -3.69. The summed E-state index contributed by atoms with van der Waals surface area (Å²) in [5.74, 6) is -0.119. The minimum Gasteiger partial charge on any atom is -0.481 e. The van der Waals surface area contributed by atoms with Gasteiger partial charge in [-0.25, -0.2) is 13.4 Å². The van der Waals surface area contributed by atoms with E-state index in [2.05, 4.69) is 10.3 Å². The van der Waals surface area contributed by atoms with Crippen LogP contribution in [0.2, 0.25) is 5.02 Å². The summed E-state index contributed by atoms with van der Waals surface area (Å²) in [5.41, 5.74) is 0.500. The third-order valence-electron chi connectivity index (χ3n) is 3.73. The van der Waals surface area contributed by atoms with Crippen LogP contribution in [-0.2, 0) is 10.0 Å². The zero-order valence-corrected chi connectivity index (χ0v) is 16.3. The van der Waals surface area contributed by atoms with Crippen LogP contribution >= 0.6 is 11.6 Å². The molecule has 140 valence electrons. The van der Waals surface area contributed by atoms with Gasteiger partial charge >= 0.3 is 0 Å². The predicted octanol–water partition coefficient (Wildman–Crippen LogP) is 3.03. The second-order valence-electron chi connectivity index (χ2n) is 5.27. The summed E-state index contributed by atoms with van der Waals surface area (Å²) in [7, 11) is -2.20. The predicted molar refractivity (Wildman–Crippen MR) is 100 cm³/mol. The third kappa shape index (κ3) is 4.32. The van der Waals surface area contributed by atoms with Gasteiger partial charge in [0.05, 0.1) is 34.5 Å². The summed E-state index contributed by atoms with van der Waals surface area (Å²) in [6.07, 6.45) is 1.43. The zero-order chi connectivity index (χ0) is 19.3. The molecule has 0 radical (unpaired) electrons. The van der Waals surface area contributed by atoms with Crippen molar-refractivity contribution in [2.45, 2.75) is 18.7 Å². The topological polar surface area (TPSA) is 88.6 Å². The number of carbonyl (C=O) groups excluding carboxylic acids is 1. The van der Waals surface area contributed by atoms with E-state index in [1.807, 2.05) is 0 Å². The van der Waals surface area contributed by atoms with Gasteiger partial charge in [0.25, 0.3) is 5.91 Å². The second-order valence-corrected chi connectivity index (χ2v) is 7.62. The van der Waals surface area contributed by atoms with Crippen LogP contribution in [0, 0.1) is 0 Å². The maximum atomic E-state index is 12.6. The van der Waals surface area contributed by atoms with E-state index in [0.717, 1.165) is 0 Å². The molecule has 1 amide bonds. The number of amides is 1. The van der Waals surface area contributed by atoms with Crippen LogP contribution in [0.25, 0.3) is 0 Å². The molecule has 2 rings (SSSR count). The molecular weight excluding hydrogens is 378 g/mol. The first-order valence-corrected chi connectivity index (χ1v) is 9.76. The van der Waals surface area contributed by atoms with Crippen molar-refractivity contribution in [2.75, 3.05) is 25.5 Å². The highest BCUT2D eigenvalue weighted by Crippen LogP contribution is 2.24. The molecule has 0 saturated carbocycles. The van der Waals surface area contributed by atoms with Crippen LogP contribution in [0.1, 0.15) is 24.2 Å². The molecule has 9 heteroatoms. The highest BCUT2D eigenvalue weighted by molar-refractivity contribution is 7.89. The van der Waals surface area contributed by atoms with Crippen LogP contribution in [0.15, 0.2) is 41.4 Å². The molecule has 0 bridgehead atoms. The highest BCUT2D eigenvalue weighted by Gasteiger charge is 2.24. The smallest absolute Gasteiger partial charge is 0.257 e. The molecule has 1 aromatic carbocycles. The number of sulfonamides is 1. The Morgan fingerprint density at radius 2 is 1.92 bits per heavy atom. The quantitative estimate of drug-likeness (QED) is 0.775. The van der Waals surface area contributed by atoms with Crippen molar-refractivity contribution in [3.63, 3.8) is 0 Å². The van der Waals surface area contributed by atoms with Crippen LogP contribution in [0.3, 0.4) is 0 Å². The van der Waals surface area contributed by atoms with Gasteiger partial charge in [-0.1, -0.05) is 25.4 Å².